The molecule has 0 atom stereocenters. The number of hydrogen-bond donors (Lipinski definition) is 1. The van der Waals surface area contributed by atoms with E-state index in [1.165, 1.54) is 6.07 Å². The van der Waals surface area contributed by atoms with Crippen LogP contribution in [0.2, 0.25) is 0 Å². The van der Waals surface area contributed by atoms with Gasteiger partial charge >= 0.3 is 0 Å². The van der Waals surface area contributed by atoms with Crippen molar-refractivity contribution < 1.29 is 4.39 Å². The summed E-state index contributed by atoms with van der Waals surface area (Å²) in [5.74, 6) is -0.218. The molecule has 0 aliphatic carbocycles. The van der Waals surface area contributed by atoms with Crippen molar-refractivity contribution in [2.24, 2.45) is 7.05 Å². The highest BCUT2D eigenvalue weighted by Gasteiger charge is 2.15. The fraction of sp³-hybridized carbons (Fsp3) is 0.333. The van der Waals surface area contributed by atoms with Crippen molar-refractivity contribution in [2.45, 2.75) is 26.3 Å². The number of benzene rings is 1. The summed E-state index contributed by atoms with van der Waals surface area (Å²) in [6, 6.07) is 6.76. The van der Waals surface area contributed by atoms with Crippen LogP contribution in [0.15, 0.2) is 24.3 Å². The predicted octanol–water partition coefficient (Wildman–Crippen LogP) is 3.57. The number of hydrogen-bond acceptors (Lipinski definition) is 2. The van der Waals surface area contributed by atoms with E-state index in [9.17, 15) is 4.39 Å². The van der Waals surface area contributed by atoms with Gasteiger partial charge in [0.25, 0.3) is 0 Å². The molecule has 3 aromatic rings. The molecule has 0 amide bonds. The molecule has 0 aliphatic rings. The second-order valence-electron chi connectivity index (χ2n) is 5.13. The molecule has 1 aromatic carbocycles. The molecule has 2 heterocycles. The van der Waals surface area contributed by atoms with Crippen LogP contribution in [0, 0.1) is 10.6 Å². The summed E-state index contributed by atoms with van der Waals surface area (Å²) in [6.45, 7) is 2.52. The number of nitrogens with one attached hydrogen (secondary N) is 1. The third-order valence-corrected chi connectivity index (χ3v) is 3.92. The van der Waals surface area contributed by atoms with Gasteiger partial charge in [0.15, 0.2) is 10.4 Å². The normalized spacial score (nSPS) is 11.4. The van der Waals surface area contributed by atoms with E-state index < -0.39 is 0 Å². The smallest absolute Gasteiger partial charge is 0.179 e. The summed E-state index contributed by atoms with van der Waals surface area (Å²) in [6.07, 6.45) is 1.91. The quantitative estimate of drug-likeness (QED) is 0.748. The molecule has 0 fully saturated rings. The summed E-state index contributed by atoms with van der Waals surface area (Å²) >= 11 is 5.40. The first-order valence-corrected chi connectivity index (χ1v) is 7.40. The Bertz CT molecular complexity index is 843. The summed E-state index contributed by atoms with van der Waals surface area (Å²) in [5, 5.41) is 4.53. The lowest BCUT2D eigenvalue weighted by molar-refractivity contribution is 0.597. The Morgan fingerprint density at radius 2 is 2.10 bits per heavy atom. The Labute approximate surface area is 127 Å². The van der Waals surface area contributed by atoms with E-state index in [4.69, 9.17) is 12.2 Å². The van der Waals surface area contributed by atoms with Gasteiger partial charge in [-0.05, 0) is 24.7 Å². The van der Waals surface area contributed by atoms with E-state index in [0.29, 0.717) is 16.9 Å². The van der Waals surface area contributed by atoms with Gasteiger partial charge in [-0.2, -0.15) is 5.10 Å². The van der Waals surface area contributed by atoms with Gasteiger partial charge in [-0.15, -0.1) is 0 Å². The van der Waals surface area contributed by atoms with Crippen molar-refractivity contribution in [3.63, 3.8) is 0 Å². The fourth-order valence-electron chi connectivity index (χ4n) is 2.63. The summed E-state index contributed by atoms with van der Waals surface area (Å²) in [5.41, 5.74) is 3.49. The second-order valence-corrected chi connectivity index (χ2v) is 5.51. The third kappa shape index (κ3) is 2.40. The van der Waals surface area contributed by atoms with E-state index in [1.807, 2.05) is 22.4 Å². The van der Waals surface area contributed by atoms with Gasteiger partial charge in [-0.3, -0.25) is 9.25 Å². The van der Waals surface area contributed by atoms with Crippen molar-refractivity contribution in [1.29, 1.82) is 0 Å². The molecule has 0 saturated heterocycles. The van der Waals surface area contributed by atoms with Gasteiger partial charge in [0.2, 0.25) is 0 Å². The number of H-pyrrole nitrogens is 1. The molecule has 0 unspecified atom stereocenters. The van der Waals surface area contributed by atoms with Crippen LogP contribution in [0.4, 0.5) is 4.39 Å². The third-order valence-electron chi connectivity index (χ3n) is 3.60. The Kier molecular flexibility index (Phi) is 3.63. The molecule has 4 nitrogen and oxygen atoms in total. The average molecular weight is 304 g/mol. The molecule has 2 aromatic heterocycles. The molecule has 1 N–H and O–H groups in total. The molecule has 21 heavy (non-hydrogen) atoms. The second kappa shape index (κ2) is 5.44. The van der Waals surface area contributed by atoms with E-state index in [2.05, 4.69) is 17.0 Å². The van der Waals surface area contributed by atoms with Crippen molar-refractivity contribution in [1.82, 2.24) is 19.3 Å². The Morgan fingerprint density at radius 1 is 1.33 bits per heavy atom. The molecular weight excluding hydrogens is 287 g/mol. The molecule has 6 heteroatoms. The molecule has 0 radical (unpaired) electrons. The highest BCUT2D eigenvalue weighted by molar-refractivity contribution is 7.71. The lowest BCUT2D eigenvalue weighted by Crippen LogP contribution is -2.05. The summed E-state index contributed by atoms with van der Waals surface area (Å²) < 4.78 is 18.2. The molecular formula is C15H17FN4S. The number of aromatic amines is 1. The SMILES string of the molecule is CCCc1nn(C)c2c1[nH]c(=S)n2Cc1ccccc1F. The van der Waals surface area contributed by atoms with Crippen molar-refractivity contribution in [2.75, 3.05) is 0 Å². The van der Waals surface area contributed by atoms with Crippen LogP contribution in [0.5, 0.6) is 0 Å². The fourth-order valence-corrected chi connectivity index (χ4v) is 2.89. The van der Waals surface area contributed by atoms with Crippen LogP contribution < -0.4 is 0 Å². The average Bonchev–Trinajstić information content (AvgIpc) is 2.92. The first-order chi connectivity index (χ1) is 10.1. The van der Waals surface area contributed by atoms with Gasteiger partial charge in [-0.1, -0.05) is 31.5 Å². The zero-order chi connectivity index (χ0) is 15.0. The van der Waals surface area contributed by atoms with Crippen molar-refractivity contribution in [3.8, 4) is 0 Å². The van der Waals surface area contributed by atoms with E-state index in [1.54, 1.807) is 12.1 Å². The Balaban J connectivity index is 2.13. The van der Waals surface area contributed by atoms with Crippen LogP contribution >= 0.6 is 12.2 Å². The Hall–Kier alpha value is -1.95. The highest BCUT2D eigenvalue weighted by atomic mass is 32.1. The summed E-state index contributed by atoms with van der Waals surface area (Å²) in [4.78, 5) is 3.21. The highest BCUT2D eigenvalue weighted by Crippen LogP contribution is 2.20. The minimum Gasteiger partial charge on any atom is -0.328 e. The molecule has 0 spiro atoms. The lowest BCUT2D eigenvalue weighted by Gasteiger charge is -2.06. The van der Waals surface area contributed by atoms with E-state index >= 15 is 0 Å². The van der Waals surface area contributed by atoms with E-state index in [0.717, 1.165) is 29.7 Å². The van der Waals surface area contributed by atoms with Crippen LogP contribution in [-0.4, -0.2) is 19.3 Å². The number of nitrogens with zero attached hydrogens (tertiary/aromatic N) is 3. The zero-order valence-corrected chi connectivity index (χ0v) is 12.9. The van der Waals surface area contributed by atoms with Gasteiger partial charge in [0, 0.05) is 12.6 Å². The number of halogens is 1. The molecule has 0 bridgehead atoms. The van der Waals surface area contributed by atoms with Crippen LogP contribution in [0.1, 0.15) is 24.6 Å². The van der Waals surface area contributed by atoms with Gasteiger partial charge in [0.05, 0.1) is 12.2 Å². The van der Waals surface area contributed by atoms with E-state index in [-0.39, 0.29) is 5.82 Å². The zero-order valence-electron chi connectivity index (χ0n) is 12.1. The Morgan fingerprint density at radius 3 is 2.81 bits per heavy atom. The van der Waals surface area contributed by atoms with Crippen LogP contribution in [-0.2, 0) is 20.0 Å². The number of fused-ring (bicyclic) bond motifs is 1. The van der Waals surface area contributed by atoms with Crippen LogP contribution in [0.3, 0.4) is 0 Å². The molecule has 3 rings (SSSR count). The number of aryl methyl sites for hydroxylation is 2. The molecule has 110 valence electrons. The van der Waals surface area contributed by atoms with Gasteiger partial charge in [-0.25, -0.2) is 4.39 Å². The minimum atomic E-state index is -0.218. The monoisotopic (exact) mass is 304 g/mol. The van der Waals surface area contributed by atoms with Gasteiger partial charge in [0.1, 0.15) is 11.3 Å². The molecule has 0 aliphatic heterocycles. The van der Waals surface area contributed by atoms with Crippen molar-refractivity contribution in [3.05, 3.63) is 46.1 Å². The minimum absolute atomic E-state index is 0.218. The molecule has 0 saturated carbocycles. The topological polar surface area (TPSA) is 38.5 Å². The standard InChI is InChI=1S/C15H17FN4S/c1-3-6-12-13-14(19(2)18-12)20(15(21)17-13)9-10-7-4-5-8-11(10)16/h4-5,7-8H,3,6,9H2,1-2H3,(H,17,21). The lowest BCUT2D eigenvalue weighted by atomic mass is 10.2. The first kappa shape index (κ1) is 14.0. The maximum Gasteiger partial charge on any atom is 0.179 e. The van der Waals surface area contributed by atoms with Gasteiger partial charge < -0.3 is 4.98 Å². The maximum absolute atomic E-state index is 13.9. The maximum atomic E-state index is 13.9. The number of rotatable bonds is 4. The van der Waals surface area contributed by atoms with Crippen LogP contribution in [0.25, 0.3) is 11.2 Å². The summed E-state index contributed by atoms with van der Waals surface area (Å²) in [7, 11) is 1.89. The number of imidazole rings is 1. The predicted molar refractivity (Wildman–Crippen MR) is 83.4 cm³/mol. The number of aromatic nitrogens is 4. The largest absolute Gasteiger partial charge is 0.328 e. The first-order valence-electron chi connectivity index (χ1n) is 6.99. The van der Waals surface area contributed by atoms with Crippen molar-refractivity contribution >= 4 is 23.4 Å².